The lowest BCUT2D eigenvalue weighted by molar-refractivity contribution is 0.303. The van der Waals surface area contributed by atoms with Crippen molar-refractivity contribution in [3.63, 3.8) is 0 Å². The molecule has 1 aliphatic heterocycles. The number of hydrogen-bond acceptors (Lipinski definition) is 4. The van der Waals surface area contributed by atoms with Crippen molar-refractivity contribution in [2.75, 3.05) is 0 Å². The fourth-order valence-corrected chi connectivity index (χ4v) is 1.97. The molecule has 0 spiro atoms. The predicted molar refractivity (Wildman–Crippen MR) is 80.9 cm³/mol. The molecule has 1 fully saturated rings. The molecule has 0 unspecified atom stereocenters. The van der Waals surface area contributed by atoms with Gasteiger partial charge in [0.25, 0.3) is 0 Å². The summed E-state index contributed by atoms with van der Waals surface area (Å²) in [6.45, 7) is 0.853. The summed E-state index contributed by atoms with van der Waals surface area (Å²) >= 11 is 0. The zero-order valence-electron chi connectivity index (χ0n) is 11.8. The molecule has 7 heteroatoms. The molecule has 3 rings (SSSR count). The van der Waals surface area contributed by atoms with Crippen LogP contribution in [0.4, 0.5) is 4.39 Å². The van der Waals surface area contributed by atoms with Crippen molar-refractivity contribution in [3.05, 3.63) is 65.5 Å². The Kier molecular flexibility index (Phi) is 4.47. The van der Waals surface area contributed by atoms with Crippen LogP contribution in [0.1, 0.15) is 11.1 Å². The highest BCUT2D eigenvalue weighted by Gasteiger charge is 2.06. The second-order valence-electron chi connectivity index (χ2n) is 4.69. The van der Waals surface area contributed by atoms with Crippen molar-refractivity contribution in [3.8, 4) is 5.75 Å². The summed E-state index contributed by atoms with van der Waals surface area (Å²) in [4.78, 5) is 4.36. The van der Waals surface area contributed by atoms with Crippen LogP contribution in [0.3, 0.4) is 0 Å². The van der Waals surface area contributed by atoms with Crippen LogP contribution in [0.15, 0.2) is 53.5 Å². The van der Waals surface area contributed by atoms with Gasteiger partial charge in [0.2, 0.25) is 5.96 Å². The minimum absolute atomic E-state index is 0.251. The Morgan fingerprint density at radius 1 is 0.955 bits per heavy atom. The Labute approximate surface area is 127 Å². The number of halogens is 1. The number of aliphatic imine (C=N–C) groups is 1. The average Bonchev–Trinajstić information content (AvgIpc) is 3.07. The zero-order valence-corrected chi connectivity index (χ0v) is 11.8. The lowest BCUT2D eigenvalue weighted by Crippen LogP contribution is -2.33. The minimum atomic E-state index is -0.251. The monoisotopic (exact) mass is 301 g/mol. The molecule has 1 saturated heterocycles. The molecule has 4 N–H and O–H groups in total. The highest BCUT2D eigenvalue weighted by molar-refractivity contribution is 5.79. The molecule has 0 bridgehead atoms. The van der Waals surface area contributed by atoms with Gasteiger partial charge in [-0.25, -0.2) is 9.38 Å². The van der Waals surface area contributed by atoms with Crippen LogP contribution in [0.2, 0.25) is 0 Å². The molecular formula is C15H16FN5O. The fraction of sp³-hybridized carbons (Fsp3) is 0.133. The summed E-state index contributed by atoms with van der Waals surface area (Å²) in [5.74, 6) is 1.11. The van der Waals surface area contributed by atoms with Gasteiger partial charge < -0.3 is 4.74 Å². The van der Waals surface area contributed by atoms with Crippen LogP contribution in [-0.4, -0.2) is 5.96 Å². The van der Waals surface area contributed by atoms with Gasteiger partial charge in [-0.1, -0.05) is 30.3 Å². The van der Waals surface area contributed by atoms with Crippen LogP contribution in [-0.2, 0) is 13.2 Å². The normalized spacial score (nSPS) is 13.4. The molecular weight excluding hydrogens is 285 g/mol. The summed E-state index contributed by atoms with van der Waals surface area (Å²) in [5, 5.41) is 0. The SMILES string of the molecule is Fc1ccc(COc2ccccc2CN=C2NNNN2)cc1. The van der Waals surface area contributed by atoms with E-state index in [9.17, 15) is 4.39 Å². The minimum Gasteiger partial charge on any atom is -0.489 e. The lowest BCUT2D eigenvalue weighted by Gasteiger charge is -2.10. The van der Waals surface area contributed by atoms with Gasteiger partial charge in [0.15, 0.2) is 0 Å². The standard InChI is InChI=1S/C15H16FN5O/c16-13-7-5-11(6-8-13)10-22-14-4-2-1-3-12(14)9-17-15-18-20-21-19-15/h1-8,20-21H,9-10H2,(H2,17,18,19). The van der Waals surface area contributed by atoms with Crippen molar-refractivity contribution in [1.82, 2.24) is 21.9 Å². The topological polar surface area (TPSA) is 69.7 Å². The van der Waals surface area contributed by atoms with E-state index in [2.05, 4.69) is 26.9 Å². The third-order valence-corrected chi connectivity index (χ3v) is 3.11. The van der Waals surface area contributed by atoms with Gasteiger partial charge in [-0.2, -0.15) is 11.1 Å². The quantitative estimate of drug-likeness (QED) is 0.672. The number of rotatable bonds is 5. The predicted octanol–water partition coefficient (Wildman–Crippen LogP) is 1.38. The van der Waals surface area contributed by atoms with Crippen molar-refractivity contribution >= 4 is 5.96 Å². The number of guanidine groups is 1. The summed E-state index contributed by atoms with van der Waals surface area (Å²) in [5.41, 5.74) is 12.8. The Morgan fingerprint density at radius 3 is 2.45 bits per heavy atom. The van der Waals surface area contributed by atoms with Crippen molar-refractivity contribution < 1.29 is 9.13 Å². The third kappa shape index (κ3) is 3.72. The molecule has 22 heavy (non-hydrogen) atoms. The molecule has 6 nitrogen and oxygen atoms in total. The van der Waals surface area contributed by atoms with Gasteiger partial charge in [-0.15, -0.1) is 0 Å². The van der Waals surface area contributed by atoms with E-state index in [-0.39, 0.29) is 5.82 Å². The Morgan fingerprint density at radius 2 is 1.68 bits per heavy atom. The molecule has 2 aromatic carbocycles. The van der Waals surface area contributed by atoms with Crippen LogP contribution in [0.5, 0.6) is 5.75 Å². The van der Waals surface area contributed by atoms with Gasteiger partial charge in [-0.05, 0) is 23.8 Å². The molecule has 114 valence electrons. The molecule has 1 heterocycles. The second kappa shape index (κ2) is 6.88. The zero-order chi connectivity index (χ0) is 15.2. The van der Waals surface area contributed by atoms with Gasteiger partial charge in [0, 0.05) is 5.56 Å². The molecule has 0 aliphatic carbocycles. The molecule has 0 amide bonds. The van der Waals surface area contributed by atoms with E-state index >= 15 is 0 Å². The first-order valence-electron chi connectivity index (χ1n) is 6.83. The largest absolute Gasteiger partial charge is 0.489 e. The lowest BCUT2D eigenvalue weighted by atomic mass is 10.2. The molecule has 0 saturated carbocycles. The maximum atomic E-state index is 12.9. The fourth-order valence-electron chi connectivity index (χ4n) is 1.97. The van der Waals surface area contributed by atoms with E-state index in [1.165, 1.54) is 12.1 Å². The van der Waals surface area contributed by atoms with E-state index in [0.29, 0.717) is 19.1 Å². The highest BCUT2D eigenvalue weighted by Crippen LogP contribution is 2.20. The van der Waals surface area contributed by atoms with E-state index in [1.807, 2.05) is 24.3 Å². The smallest absolute Gasteiger partial charge is 0.223 e. The van der Waals surface area contributed by atoms with E-state index in [0.717, 1.165) is 16.9 Å². The summed E-state index contributed by atoms with van der Waals surface area (Å²) in [6, 6.07) is 14.0. The molecule has 0 radical (unpaired) electrons. The van der Waals surface area contributed by atoms with Crippen molar-refractivity contribution in [2.24, 2.45) is 4.99 Å². The second-order valence-corrected chi connectivity index (χ2v) is 4.69. The van der Waals surface area contributed by atoms with E-state index in [4.69, 9.17) is 4.74 Å². The molecule has 2 aromatic rings. The van der Waals surface area contributed by atoms with Crippen LogP contribution in [0, 0.1) is 5.82 Å². The third-order valence-electron chi connectivity index (χ3n) is 3.11. The average molecular weight is 301 g/mol. The van der Waals surface area contributed by atoms with E-state index < -0.39 is 0 Å². The number of nitrogens with zero attached hydrogens (tertiary/aromatic N) is 1. The number of para-hydroxylation sites is 1. The Balaban J connectivity index is 1.65. The van der Waals surface area contributed by atoms with Gasteiger partial charge >= 0.3 is 0 Å². The van der Waals surface area contributed by atoms with Gasteiger partial charge in [-0.3, -0.25) is 10.9 Å². The van der Waals surface area contributed by atoms with Crippen LogP contribution < -0.4 is 26.7 Å². The first-order valence-corrected chi connectivity index (χ1v) is 6.83. The number of hydrogen-bond donors (Lipinski definition) is 4. The first-order chi connectivity index (χ1) is 10.8. The Hall–Kier alpha value is -2.64. The number of benzene rings is 2. The van der Waals surface area contributed by atoms with E-state index in [1.54, 1.807) is 12.1 Å². The van der Waals surface area contributed by atoms with Crippen molar-refractivity contribution in [2.45, 2.75) is 13.2 Å². The van der Waals surface area contributed by atoms with Gasteiger partial charge in [0.1, 0.15) is 18.2 Å². The number of nitrogens with one attached hydrogen (secondary N) is 4. The van der Waals surface area contributed by atoms with Crippen LogP contribution in [0.25, 0.3) is 0 Å². The maximum absolute atomic E-state index is 12.9. The highest BCUT2D eigenvalue weighted by atomic mass is 19.1. The van der Waals surface area contributed by atoms with Gasteiger partial charge in [0.05, 0.1) is 6.54 Å². The van der Waals surface area contributed by atoms with Crippen LogP contribution >= 0.6 is 0 Å². The first kappa shape index (κ1) is 14.3. The summed E-state index contributed by atoms with van der Waals surface area (Å²) < 4.78 is 18.7. The van der Waals surface area contributed by atoms with Crippen molar-refractivity contribution in [1.29, 1.82) is 0 Å². The maximum Gasteiger partial charge on any atom is 0.223 e. The molecule has 0 aromatic heterocycles. The molecule has 1 aliphatic rings. The number of ether oxygens (including phenoxy) is 1. The molecule has 0 atom stereocenters. The Bertz CT molecular complexity index is 651. The summed E-state index contributed by atoms with van der Waals surface area (Å²) in [6.07, 6.45) is 0. The summed E-state index contributed by atoms with van der Waals surface area (Å²) in [7, 11) is 0. The number of hydrazine groups is 3.